The predicted molar refractivity (Wildman–Crippen MR) is 97.5 cm³/mol. The molecule has 0 amide bonds. The van der Waals surface area contributed by atoms with Crippen LogP contribution in [0.4, 0.5) is 15.9 Å². The van der Waals surface area contributed by atoms with Gasteiger partial charge in [0.05, 0.1) is 18.2 Å². The number of pyridine rings is 1. The normalized spacial score (nSPS) is 22.2. The molecule has 8 heteroatoms. The highest BCUT2D eigenvalue weighted by Crippen LogP contribution is 2.46. The Bertz CT molecular complexity index is 1080. The average Bonchev–Trinajstić information content (AvgIpc) is 2.89. The van der Waals surface area contributed by atoms with E-state index in [-0.39, 0.29) is 39.5 Å². The van der Waals surface area contributed by atoms with Crippen molar-refractivity contribution in [3.05, 3.63) is 46.7 Å². The van der Waals surface area contributed by atoms with Crippen LogP contribution in [0.25, 0.3) is 27.0 Å². The monoisotopic (exact) mass is 371 g/mol. The van der Waals surface area contributed by atoms with Crippen molar-refractivity contribution in [1.82, 2.24) is 14.8 Å². The van der Waals surface area contributed by atoms with E-state index in [4.69, 9.17) is 23.9 Å². The molecule has 0 saturated heterocycles. The SMILES string of the molecule is [C-]#[N+]c1c(-c2ccc3ccc(Cl)nc3c2F)nn(C2CC(C)(O)C2)c1N. The highest BCUT2D eigenvalue weighted by Gasteiger charge is 2.41. The van der Waals surface area contributed by atoms with E-state index in [1.807, 2.05) is 0 Å². The van der Waals surface area contributed by atoms with Crippen LogP contribution >= 0.6 is 11.6 Å². The maximum Gasteiger partial charge on any atom is 0.254 e. The third kappa shape index (κ3) is 2.50. The Morgan fingerprint density at radius 1 is 1.38 bits per heavy atom. The molecule has 6 nitrogen and oxygen atoms in total. The smallest absolute Gasteiger partial charge is 0.254 e. The lowest BCUT2D eigenvalue weighted by molar-refractivity contribution is -0.0535. The Hall–Kier alpha value is -2.69. The second-order valence-corrected chi connectivity index (χ2v) is 7.22. The van der Waals surface area contributed by atoms with Gasteiger partial charge in [-0.05, 0) is 31.9 Å². The number of benzene rings is 1. The van der Waals surface area contributed by atoms with Crippen molar-refractivity contribution in [1.29, 1.82) is 0 Å². The number of aromatic nitrogens is 3. The van der Waals surface area contributed by atoms with E-state index in [1.54, 1.807) is 31.2 Å². The maximum absolute atomic E-state index is 15.1. The molecule has 26 heavy (non-hydrogen) atoms. The molecule has 1 aromatic carbocycles. The first-order valence-electron chi connectivity index (χ1n) is 8.04. The average molecular weight is 372 g/mol. The van der Waals surface area contributed by atoms with Crippen LogP contribution in [0.15, 0.2) is 24.3 Å². The summed E-state index contributed by atoms with van der Waals surface area (Å²) < 4.78 is 16.6. The zero-order chi connectivity index (χ0) is 18.6. The standard InChI is InChI=1S/C18H15ClFN5O/c1-18(26)7-10(8-18)25-17(21)16(22-2)15(24-25)11-5-3-9-4-6-12(19)23-14(9)13(11)20/h3-6,10,26H,7-8,21H2,1H3. The molecular formula is C18H15ClFN5O. The van der Waals surface area contributed by atoms with Crippen LogP contribution < -0.4 is 5.73 Å². The summed E-state index contributed by atoms with van der Waals surface area (Å²) in [6.45, 7) is 9.17. The Morgan fingerprint density at radius 2 is 2.08 bits per heavy atom. The summed E-state index contributed by atoms with van der Waals surface area (Å²) >= 11 is 5.88. The summed E-state index contributed by atoms with van der Waals surface area (Å²) in [5.74, 6) is -0.422. The first kappa shape index (κ1) is 16.8. The lowest BCUT2D eigenvalue weighted by atomic mass is 9.77. The van der Waals surface area contributed by atoms with Crippen molar-refractivity contribution in [2.45, 2.75) is 31.4 Å². The second kappa shape index (κ2) is 5.66. The Kier molecular flexibility index (Phi) is 3.65. The number of hydrogen-bond acceptors (Lipinski definition) is 4. The van der Waals surface area contributed by atoms with E-state index >= 15 is 4.39 Å². The van der Waals surface area contributed by atoms with E-state index in [0.717, 1.165) is 0 Å². The van der Waals surface area contributed by atoms with Gasteiger partial charge in [0.25, 0.3) is 5.69 Å². The molecule has 3 aromatic rings. The van der Waals surface area contributed by atoms with E-state index < -0.39 is 11.4 Å². The first-order chi connectivity index (χ1) is 12.3. The molecular weight excluding hydrogens is 357 g/mol. The maximum atomic E-state index is 15.1. The molecule has 0 atom stereocenters. The minimum atomic E-state index is -0.768. The molecule has 3 N–H and O–H groups in total. The number of anilines is 1. The Morgan fingerprint density at radius 3 is 2.73 bits per heavy atom. The quantitative estimate of drug-likeness (QED) is 0.524. The zero-order valence-corrected chi connectivity index (χ0v) is 14.6. The predicted octanol–water partition coefficient (Wildman–Crippen LogP) is 4.11. The van der Waals surface area contributed by atoms with Gasteiger partial charge in [-0.3, -0.25) is 4.68 Å². The van der Waals surface area contributed by atoms with Gasteiger partial charge in [-0.25, -0.2) is 14.2 Å². The number of aliphatic hydroxyl groups is 1. The minimum Gasteiger partial charge on any atom is -0.393 e. The summed E-state index contributed by atoms with van der Waals surface area (Å²) in [4.78, 5) is 7.49. The molecule has 0 unspecified atom stereocenters. The van der Waals surface area contributed by atoms with Gasteiger partial charge in [0.2, 0.25) is 0 Å². The summed E-state index contributed by atoms with van der Waals surface area (Å²) in [7, 11) is 0. The third-order valence-corrected chi connectivity index (χ3v) is 4.96. The molecule has 2 heterocycles. The van der Waals surface area contributed by atoms with Gasteiger partial charge < -0.3 is 10.8 Å². The van der Waals surface area contributed by atoms with E-state index in [9.17, 15) is 5.11 Å². The fourth-order valence-electron chi connectivity index (χ4n) is 3.45. The van der Waals surface area contributed by atoms with Gasteiger partial charge in [0.15, 0.2) is 5.82 Å². The number of nitrogen functional groups attached to an aromatic ring is 1. The van der Waals surface area contributed by atoms with Gasteiger partial charge in [0, 0.05) is 10.9 Å². The Labute approximate surface area is 153 Å². The highest BCUT2D eigenvalue weighted by atomic mass is 35.5. The number of rotatable bonds is 2. The van der Waals surface area contributed by atoms with Gasteiger partial charge in [-0.15, -0.1) is 0 Å². The van der Waals surface area contributed by atoms with Crippen molar-refractivity contribution >= 4 is 34.0 Å². The fraction of sp³-hybridized carbons (Fsp3) is 0.278. The lowest BCUT2D eigenvalue weighted by Gasteiger charge is -2.41. The molecule has 1 aliphatic carbocycles. The zero-order valence-electron chi connectivity index (χ0n) is 13.9. The fourth-order valence-corrected chi connectivity index (χ4v) is 3.60. The number of nitrogens with zero attached hydrogens (tertiary/aromatic N) is 4. The minimum absolute atomic E-state index is 0.0943. The molecule has 2 aromatic heterocycles. The van der Waals surface area contributed by atoms with Crippen molar-refractivity contribution in [2.75, 3.05) is 5.73 Å². The first-order valence-corrected chi connectivity index (χ1v) is 8.41. The molecule has 0 aliphatic heterocycles. The number of hydrogen-bond donors (Lipinski definition) is 2. The van der Waals surface area contributed by atoms with Crippen molar-refractivity contribution in [2.24, 2.45) is 0 Å². The van der Waals surface area contributed by atoms with Crippen molar-refractivity contribution in [3.63, 3.8) is 0 Å². The van der Waals surface area contributed by atoms with Crippen LogP contribution in [0, 0.1) is 12.4 Å². The molecule has 132 valence electrons. The third-order valence-electron chi connectivity index (χ3n) is 4.75. The molecule has 0 bridgehead atoms. The lowest BCUT2D eigenvalue weighted by Crippen LogP contribution is -2.42. The topological polar surface area (TPSA) is 81.3 Å². The highest BCUT2D eigenvalue weighted by molar-refractivity contribution is 6.29. The van der Waals surface area contributed by atoms with Crippen molar-refractivity contribution in [3.8, 4) is 11.3 Å². The summed E-state index contributed by atoms with van der Waals surface area (Å²) in [6.07, 6.45) is 0.959. The van der Waals surface area contributed by atoms with E-state index in [0.29, 0.717) is 18.2 Å². The second-order valence-electron chi connectivity index (χ2n) is 6.83. The number of fused-ring (bicyclic) bond motifs is 1. The largest absolute Gasteiger partial charge is 0.393 e. The van der Waals surface area contributed by atoms with Gasteiger partial charge in [-0.2, -0.15) is 5.10 Å². The summed E-state index contributed by atoms with van der Waals surface area (Å²) in [5, 5.41) is 15.1. The number of nitrogens with two attached hydrogens (primary N) is 1. The van der Waals surface area contributed by atoms with Crippen LogP contribution in [0.2, 0.25) is 5.15 Å². The van der Waals surface area contributed by atoms with Crippen molar-refractivity contribution < 1.29 is 9.50 Å². The van der Waals surface area contributed by atoms with Gasteiger partial charge in [-0.1, -0.05) is 23.7 Å². The van der Waals surface area contributed by atoms with E-state index in [1.165, 1.54) is 4.68 Å². The van der Waals surface area contributed by atoms with Crippen LogP contribution in [-0.4, -0.2) is 25.5 Å². The van der Waals surface area contributed by atoms with Gasteiger partial charge >= 0.3 is 0 Å². The van der Waals surface area contributed by atoms with Crippen LogP contribution in [0.3, 0.4) is 0 Å². The molecule has 4 rings (SSSR count). The molecule has 0 radical (unpaired) electrons. The summed E-state index contributed by atoms with van der Waals surface area (Å²) in [5.41, 5.74) is 5.85. The molecule has 0 spiro atoms. The molecule has 1 aliphatic rings. The van der Waals surface area contributed by atoms with Gasteiger partial charge in [0.1, 0.15) is 22.2 Å². The van der Waals surface area contributed by atoms with E-state index in [2.05, 4.69) is 14.9 Å². The Balaban J connectivity index is 1.87. The van der Waals surface area contributed by atoms with Crippen LogP contribution in [0.1, 0.15) is 25.8 Å². The summed E-state index contributed by atoms with van der Waals surface area (Å²) in [6, 6.07) is 6.41. The molecule has 1 saturated carbocycles. The van der Waals surface area contributed by atoms with Crippen LogP contribution in [0.5, 0.6) is 0 Å². The molecule has 1 fully saturated rings. The van der Waals surface area contributed by atoms with Crippen LogP contribution in [-0.2, 0) is 0 Å². The number of halogens is 2.